The van der Waals surface area contributed by atoms with Gasteiger partial charge in [-0.05, 0) is 48.6 Å². The van der Waals surface area contributed by atoms with Gasteiger partial charge in [0.2, 0.25) is 5.91 Å². The minimum atomic E-state index is -4.94. The number of hydrogen-bond donors (Lipinski definition) is 2. The molecule has 2 aromatic carbocycles. The van der Waals surface area contributed by atoms with Gasteiger partial charge in [-0.2, -0.15) is 13.2 Å². The summed E-state index contributed by atoms with van der Waals surface area (Å²) in [4.78, 5) is 23.6. The van der Waals surface area contributed by atoms with Crippen LogP contribution >= 0.6 is 0 Å². The summed E-state index contributed by atoms with van der Waals surface area (Å²) in [7, 11) is 0. The molecule has 1 aliphatic carbocycles. The van der Waals surface area contributed by atoms with Gasteiger partial charge < -0.3 is 10.6 Å². The molecule has 0 spiro atoms. The molecule has 0 bridgehead atoms. The number of alkyl halides is 3. The fourth-order valence-corrected chi connectivity index (χ4v) is 2.79. The van der Waals surface area contributed by atoms with Gasteiger partial charge in [0.1, 0.15) is 0 Å². The largest absolute Gasteiger partial charge is 0.471 e. The van der Waals surface area contributed by atoms with E-state index in [1.54, 1.807) is 5.32 Å². The van der Waals surface area contributed by atoms with Gasteiger partial charge in [-0.25, -0.2) is 0 Å². The lowest BCUT2D eigenvalue weighted by Crippen LogP contribution is -2.29. The van der Waals surface area contributed by atoms with Crippen LogP contribution in [0.2, 0.25) is 0 Å². The summed E-state index contributed by atoms with van der Waals surface area (Å²) in [5, 5.41) is 4.56. The molecule has 0 aliphatic heterocycles. The van der Waals surface area contributed by atoms with E-state index in [4.69, 9.17) is 0 Å². The molecule has 136 valence electrons. The molecule has 0 radical (unpaired) electrons. The van der Waals surface area contributed by atoms with Crippen molar-refractivity contribution in [2.75, 3.05) is 10.6 Å². The Bertz CT molecular complexity index is 785. The summed E-state index contributed by atoms with van der Waals surface area (Å²) in [5.74, 6) is -2.12. The van der Waals surface area contributed by atoms with Crippen LogP contribution in [0, 0.1) is 5.92 Å². The van der Waals surface area contributed by atoms with E-state index in [-0.39, 0.29) is 17.5 Å². The van der Waals surface area contributed by atoms with Gasteiger partial charge in [-0.15, -0.1) is 0 Å². The zero-order valence-electron chi connectivity index (χ0n) is 13.7. The maximum Gasteiger partial charge on any atom is 0.471 e. The summed E-state index contributed by atoms with van der Waals surface area (Å²) >= 11 is 0. The van der Waals surface area contributed by atoms with E-state index >= 15 is 0 Å². The summed E-state index contributed by atoms with van der Waals surface area (Å²) in [5.41, 5.74) is 1.41. The van der Waals surface area contributed by atoms with E-state index in [1.807, 2.05) is 30.3 Å². The molecular weight excluding hydrogens is 345 g/mol. The number of carbonyl (C=O) groups is 2. The lowest BCUT2D eigenvalue weighted by molar-refractivity contribution is -0.167. The van der Waals surface area contributed by atoms with E-state index in [0.29, 0.717) is 11.6 Å². The zero-order valence-corrected chi connectivity index (χ0v) is 13.7. The minimum Gasteiger partial charge on any atom is -0.326 e. The Labute approximate surface area is 148 Å². The highest BCUT2D eigenvalue weighted by atomic mass is 19.4. The molecule has 1 fully saturated rings. The first-order valence-corrected chi connectivity index (χ1v) is 8.18. The molecule has 0 heterocycles. The topological polar surface area (TPSA) is 58.2 Å². The Kier molecular flexibility index (Phi) is 4.97. The van der Waals surface area contributed by atoms with E-state index in [1.165, 1.54) is 24.3 Å². The zero-order chi connectivity index (χ0) is 18.7. The monoisotopic (exact) mass is 362 g/mol. The average molecular weight is 362 g/mol. The van der Waals surface area contributed by atoms with Crippen molar-refractivity contribution in [3.63, 3.8) is 0 Å². The second-order valence-electron chi connectivity index (χ2n) is 6.24. The van der Waals surface area contributed by atoms with Crippen molar-refractivity contribution in [1.82, 2.24) is 0 Å². The first-order valence-electron chi connectivity index (χ1n) is 8.18. The van der Waals surface area contributed by atoms with Crippen LogP contribution < -0.4 is 10.6 Å². The van der Waals surface area contributed by atoms with Gasteiger partial charge in [-0.1, -0.05) is 30.3 Å². The Balaban J connectivity index is 1.66. The first-order chi connectivity index (χ1) is 12.3. The summed E-state index contributed by atoms with van der Waals surface area (Å²) < 4.78 is 36.7. The number of amides is 2. The van der Waals surface area contributed by atoms with Crippen LogP contribution in [0.5, 0.6) is 0 Å². The van der Waals surface area contributed by atoms with Gasteiger partial charge in [0.15, 0.2) is 0 Å². The summed E-state index contributed by atoms with van der Waals surface area (Å²) in [6.45, 7) is 0. The number of anilines is 2. The molecular formula is C19H17F3N2O2. The first kappa shape index (κ1) is 18.0. The van der Waals surface area contributed by atoms with Crippen molar-refractivity contribution in [2.24, 2.45) is 5.92 Å². The fourth-order valence-electron chi connectivity index (χ4n) is 2.79. The molecule has 0 saturated heterocycles. The molecule has 26 heavy (non-hydrogen) atoms. The molecule has 1 saturated carbocycles. The number of hydrogen-bond acceptors (Lipinski definition) is 2. The van der Waals surface area contributed by atoms with Crippen molar-refractivity contribution in [2.45, 2.75) is 24.9 Å². The number of benzene rings is 2. The molecule has 2 aromatic rings. The average Bonchev–Trinajstić information content (AvgIpc) is 3.42. The van der Waals surface area contributed by atoms with E-state index in [0.717, 1.165) is 18.4 Å². The summed E-state index contributed by atoms with van der Waals surface area (Å²) in [6, 6.07) is 15.0. The molecule has 0 aromatic heterocycles. The third-order valence-corrected chi connectivity index (χ3v) is 4.20. The number of halogens is 3. The predicted octanol–water partition coefficient (Wildman–Crippen LogP) is 4.32. The van der Waals surface area contributed by atoms with Crippen molar-refractivity contribution in [1.29, 1.82) is 0 Å². The number of carbonyl (C=O) groups excluding carboxylic acids is 2. The molecule has 2 amide bonds. The standard InChI is InChI=1S/C19H17F3N2O2/c20-19(21,22)18(26)24-15-10-8-14(9-11-15)23-17(25)16(13-6-7-13)12-4-2-1-3-5-12/h1-5,8-11,13,16H,6-7H2,(H,23,25)(H,24,26). The van der Waals surface area contributed by atoms with Gasteiger partial charge in [0, 0.05) is 11.4 Å². The van der Waals surface area contributed by atoms with Crippen LogP contribution in [0.25, 0.3) is 0 Å². The number of rotatable bonds is 5. The van der Waals surface area contributed by atoms with Crippen LogP contribution in [0.15, 0.2) is 54.6 Å². The second-order valence-corrected chi connectivity index (χ2v) is 6.24. The highest BCUT2D eigenvalue weighted by Gasteiger charge is 2.39. The lowest BCUT2D eigenvalue weighted by atomic mass is 9.93. The van der Waals surface area contributed by atoms with Crippen LogP contribution in [0.1, 0.15) is 24.3 Å². The normalized spacial score (nSPS) is 15.2. The number of nitrogens with one attached hydrogen (secondary N) is 2. The predicted molar refractivity (Wildman–Crippen MR) is 91.7 cm³/mol. The van der Waals surface area contributed by atoms with Gasteiger partial charge in [0.25, 0.3) is 0 Å². The minimum absolute atomic E-state index is 0.00660. The fraction of sp³-hybridized carbons (Fsp3) is 0.263. The highest BCUT2D eigenvalue weighted by molar-refractivity contribution is 5.97. The van der Waals surface area contributed by atoms with Crippen molar-refractivity contribution >= 4 is 23.2 Å². The van der Waals surface area contributed by atoms with Crippen LogP contribution in [0.3, 0.4) is 0 Å². The van der Waals surface area contributed by atoms with E-state index in [9.17, 15) is 22.8 Å². The molecule has 4 nitrogen and oxygen atoms in total. The highest BCUT2D eigenvalue weighted by Crippen LogP contribution is 2.43. The molecule has 3 rings (SSSR count). The molecule has 1 atom stereocenters. The molecule has 2 N–H and O–H groups in total. The van der Waals surface area contributed by atoms with E-state index in [2.05, 4.69) is 5.32 Å². The van der Waals surface area contributed by atoms with E-state index < -0.39 is 12.1 Å². The Morgan fingerprint density at radius 3 is 1.92 bits per heavy atom. The van der Waals surface area contributed by atoms with Gasteiger partial charge >= 0.3 is 12.1 Å². The Morgan fingerprint density at radius 2 is 1.42 bits per heavy atom. The Hall–Kier alpha value is -2.83. The Morgan fingerprint density at radius 1 is 0.885 bits per heavy atom. The maximum atomic E-state index is 12.7. The second kappa shape index (κ2) is 7.19. The smallest absolute Gasteiger partial charge is 0.326 e. The van der Waals surface area contributed by atoms with Gasteiger partial charge in [0.05, 0.1) is 5.92 Å². The van der Waals surface area contributed by atoms with Crippen molar-refractivity contribution in [3.8, 4) is 0 Å². The molecule has 1 aliphatic rings. The van der Waals surface area contributed by atoms with Crippen molar-refractivity contribution in [3.05, 3.63) is 60.2 Å². The quantitative estimate of drug-likeness (QED) is 0.832. The van der Waals surface area contributed by atoms with Gasteiger partial charge in [-0.3, -0.25) is 9.59 Å². The maximum absolute atomic E-state index is 12.7. The van der Waals surface area contributed by atoms with Crippen LogP contribution in [-0.4, -0.2) is 18.0 Å². The molecule has 1 unspecified atom stereocenters. The molecule has 7 heteroatoms. The SMILES string of the molecule is O=C(Nc1ccc(NC(=O)C(F)(F)F)cc1)C(c1ccccc1)C1CC1. The summed E-state index contributed by atoms with van der Waals surface area (Å²) in [6.07, 6.45) is -2.95. The third kappa shape index (κ3) is 4.41. The lowest BCUT2D eigenvalue weighted by Gasteiger charge is -2.17. The van der Waals surface area contributed by atoms with Crippen LogP contribution in [0.4, 0.5) is 24.5 Å². The van der Waals surface area contributed by atoms with Crippen molar-refractivity contribution < 1.29 is 22.8 Å². The van der Waals surface area contributed by atoms with Crippen LogP contribution in [-0.2, 0) is 9.59 Å². The third-order valence-electron chi connectivity index (χ3n) is 4.20.